The molecule has 4 rings (SSSR count). The lowest BCUT2D eigenvalue weighted by molar-refractivity contribution is 0.111. The van der Waals surface area contributed by atoms with E-state index >= 15 is 0 Å². The van der Waals surface area contributed by atoms with Crippen LogP contribution < -0.4 is 9.47 Å². The van der Waals surface area contributed by atoms with E-state index in [9.17, 15) is 9.59 Å². The van der Waals surface area contributed by atoms with Gasteiger partial charge in [0.15, 0.2) is 0 Å². The molecule has 0 heterocycles. The lowest BCUT2D eigenvalue weighted by atomic mass is 10.2. The van der Waals surface area contributed by atoms with Crippen molar-refractivity contribution in [3.63, 3.8) is 0 Å². The molecule has 4 heteroatoms. The summed E-state index contributed by atoms with van der Waals surface area (Å²) >= 11 is 0. The minimum Gasteiger partial charge on any atom is -0.457 e. The van der Waals surface area contributed by atoms with Gasteiger partial charge >= 0.3 is 0 Å². The third kappa shape index (κ3) is 6.46. The summed E-state index contributed by atoms with van der Waals surface area (Å²) in [6.45, 7) is 0. The van der Waals surface area contributed by atoms with Gasteiger partial charge in [-0.3, -0.25) is 9.59 Å². The van der Waals surface area contributed by atoms with E-state index in [4.69, 9.17) is 9.47 Å². The van der Waals surface area contributed by atoms with E-state index < -0.39 is 0 Å². The van der Waals surface area contributed by atoms with Crippen molar-refractivity contribution in [3.05, 3.63) is 120 Å². The maximum Gasteiger partial charge on any atom is 0.150 e. The number of benzene rings is 4. The van der Waals surface area contributed by atoms with E-state index in [1.807, 2.05) is 36.4 Å². The van der Waals surface area contributed by atoms with E-state index in [2.05, 4.69) is 0 Å². The fraction of sp³-hybridized carbons (Fsp3) is 0. The van der Waals surface area contributed by atoms with Crippen molar-refractivity contribution >= 4 is 12.6 Å². The minimum absolute atomic E-state index is 0.547. The van der Waals surface area contributed by atoms with Gasteiger partial charge < -0.3 is 9.47 Å². The van der Waals surface area contributed by atoms with Gasteiger partial charge in [-0.25, -0.2) is 0 Å². The van der Waals surface area contributed by atoms with Crippen LogP contribution in [0.3, 0.4) is 0 Å². The molecule has 0 N–H and O–H groups in total. The van der Waals surface area contributed by atoms with Crippen LogP contribution in [0.25, 0.3) is 0 Å². The quantitative estimate of drug-likeness (QED) is 0.345. The monoisotopic (exact) mass is 396 g/mol. The van der Waals surface area contributed by atoms with Crippen LogP contribution in [0.15, 0.2) is 109 Å². The Bertz CT molecular complexity index is 995. The molecular formula is C26H20O4. The van der Waals surface area contributed by atoms with Crippen molar-refractivity contribution in [2.24, 2.45) is 0 Å². The fourth-order valence-electron chi connectivity index (χ4n) is 2.56. The molecule has 0 aromatic heterocycles. The van der Waals surface area contributed by atoms with Crippen LogP contribution in [0.2, 0.25) is 0 Å². The van der Waals surface area contributed by atoms with Crippen LogP contribution in [-0.4, -0.2) is 12.6 Å². The first-order valence-corrected chi connectivity index (χ1v) is 9.33. The smallest absolute Gasteiger partial charge is 0.150 e. The molecule has 4 aromatic rings. The Kier molecular flexibility index (Phi) is 7.52. The Morgan fingerprint density at radius 1 is 0.433 bits per heavy atom. The lowest BCUT2D eigenvalue weighted by Gasteiger charge is -2.09. The van der Waals surface area contributed by atoms with Gasteiger partial charge in [0.25, 0.3) is 0 Å². The molecule has 0 atom stereocenters. The molecule has 0 saturated carbocycles. The molecule has 0 bridgehead atoms. The maximum atomic E-state index is 10.8. The first kappa shape index (κ1) is 20.6. The summed E-state index contributed by atoms with van der Waals surface area (Å²) in [7, 11) is 0. The van der Waals surface area contributed by atoms with Gasteiger partial charge in [-0.15, -0.1) is 0 Å². The third-order valence-electron chi connectivity index (χ3n) is 3.93. The third-order valence-corrected chi connectivity index (χ3v) is 3.93. The number of carbonyl (C=O) groups excluding carboxylic acids is 2. The van der Waals surface area contributed by atoms with Crippen LogP contribution in [0.1, 0.15) is 20.7 Å². The number of hydrogen-bond donors (Lipinski definition) is 0. The molecule has 0 radical (unpaired) electrons. The van der Waals surface area contributed by atoms with Gasteiger partial charge in [0, 0.05) is 17.2 Å². The Morgan fingerprint density at radius 2 is 0.767 bits per heavy atom. The van der Waals surface area contributed by atoms with Gasteiger partial charge in [0.05, 0.1) is 0 Å². The largest absolute Gasteiger partial charge is 0.457 e. The van der Waals surface area contributed by atoms with E-state index in [0.29, 0.717) is 34.1 Å². The molecule has 0 fully saturated rings. The van der Waals surface area contributed by atoms with Crippen LogP contribution in [-0.2, 0) is 0 Å². The van der Waals surface area contributed by atoms with E-state index in [1.54, 1.807) is 72.8 Å². The zero-order valence-electron chi connectivity index (χ0n) is 16.2. The van der Waals surface area contributed by atoms with Gasteiger partial charge in [-0.1, -0.05) is 66.7 Å². The summed E-state index contributed by atoms with van der Waals surface area (Å²) in [6, 6.07) is 32.9. The van der Waals surface area contributed by atoms with Crippen molar-refractivity contribution in [2.45, 2.75) is 0 Å². The number of ether oxygens (including phenoxy) is 2. The molecular weight excluding hydrogens is 376 g/mol. The Labute approximate surface area is 175 Å². The number of carbonyl (C=O) groups is 2. The molecule has 0 aliphatic rings. The molecule has 0 unspecified atom stereocenters. The summed E-state index contributed by atoms with van der Waals surface area (Å²) in [5.74, 6) is 2.31. The second-order valence-corrected chi connectivity index (χ2v) is 6.21. The molecule has 148 valence electrons. The van der Waals surface area contributed by atoms with Gasteiger partial charge in [0.1, 0.15) is 35.6 Å². The zero-order chi connectivity index (χ0) is 21.0. The van der Waals surface area contributed by atoms with E-state index in [1.165, 1.54) is 0 Å². The van der Waals surface area contributed by atoms with Crippen LogP contribution in [0, 0.1) is 0 Å². The molecule has 0 saturated heterocycles. The second-order valence-electron chi connectivity index (χ2n) is 6.21. The van der Waals surface area contributed by atoms with Gasteiger partial charge in [0.2, 0.25) is 0 Å². The average molecular weight is 396 g/mol. The van der Waals surface area contributed by atoms with Crippen LogP contribution >= 0.6 is 0 Å². The maximum absolute atomic E-state index is 10.8. The topological polar surface area (TPSA) is 52.6 Å². The van der Waals surface area contributed by atoms with Crippen molar-refractivity contribution in [1.29, 1.82) is 0 Å². The number of rotatable bonds is 6. The van der Waals surface area contributed by atoms with Crippen molar-refractivity contribution in [2.75, 3.05) is 0 Å². The van der Waals surface area contributed by atoms with Crippen molar-refractivity contribution in [1.82, 2.24) is 0 Å². The summed E-state index contributed by atoms with van der Waals surface area (Å²) in [5.41, 5.74) is 1.09. The Morgan fingerprint density at radius 3 is 1.13 bits per heavy atom. The average Bonchev–Trinajstić information content (AvgIpc) is 2.81. The Hall–Kier alpha value is -4.18. The molecule has 30 heavy (non-hydrogen) atoms. The molecule has 0 amide bonds. The molecule has 4 nitrogen and oxygen atoms in total. The van der Waals surface area contributed by atoms with E-state index in [-0.39, 0.29) is 0 Å². The van der Waals surface area contributed by atoms with Gasteiger partial charge in [-0.05, 0) is 36.4 Å². The highest BCUT2D eigenvalue weighted by atomic mass is 16.5. The normalized spacial score (nSPS) is 9.60. The first-order chi connectivity index (χ1) is 14.8. The number of hydrogen-bond acceptors (Lipinski definition) is 4. The highest BCUT2D eigenvalue weighted by Crippen LogP contribution is 2.28. The predicted octanol–water partition coefficient (Wildman–Crippen LogP) is 6.58. The highest BCUT2D eigenvalue weighted by Gasteiger charge is 2.03. The Balaban J connectivity index is 0.000000367. The van der Waals surface area contributed by atoms with Crippen LogP contribution in [0.4, 0.5) is 0 Å². The molecule has 0 spiro atoms. The standard InChI is InChI=1S/C20H14O4.C6H6/c21-13-15-4-1-6-17(10-15)23-19-8-3-9-20(12-19)24-18-7-2-5-16(11-18)14-22;1-2-4-6-5-3-1/h1-14H;1-6H. The van der Waals surface area contributed by atoms with Crippen molar-refractivity contribution < 1.29 is 19.1 Å². The molecule has 0 aliphatic carbocycles. The lowest BCUT2D eigenvalue weighted by Crippen LogP contribution is -1.89. The summed E-state index contributed by atoms with van der Waals surface area (Å²) < 4.78 is 11.5. The highest BCUT2D eigenvalue weighted by molar-refractivity contribution is 5.76. The first-order valence-electron chi connectivity index (χ1n) is 9.33. The van der Waals surface area contributed by atoms with Gasteiger partial charge in [-0.2, -0.15) is 0 Å². The van der Waals surface area contributed by atoms with E-state index in [0.717, 1.165) is 12.6 Å². The molecule has 4 aromatic carbocycles. The zero-order valence-corrected chi connectivity index (χ0v) is 16.2. The second kappa shape index (κ2) is 11.0. The molecule has 0 aliphatic heterocycles. The number of aldehydes is 2. The fourth-order valence-corrected chi connectivity index (χ4v) is 2.56. The minimum atomic E-state index is 0.547. The summed E-state index contributed by atoms with van der Waals surface area (Å²) in [6.07, 6.45) is 1.54. The predicted molar refractivity (Wildman–Crippen MR) is 117 cm³/mol. The van der Waals surface area contributed by atoms with Crippen molar-refractivity contribution in [3.8, 4) is 23.0 Å². The summed E-state index contributed by atoms with van der Waals surface area (Å²) in [5, 5.41) is 0. The summed E-state index contributed by atoms with van der Waals surface area (Å²) in [4.78, 5) is 21.6. The van der Waals surface area contributed by atoms with Crippen LogP contribution in [0.5, 0.6) is 23.0 Å². The SMILES string of the molecule is O=Cc1cccc(Oc2cccc(Oc3cccc(C=O)c3)c2)c1.c1ccccc1.